The lowest BCUT2D eigenvalue weighted by molar-refractivity contribution is 0.771. The first-order valence-corrected chi connectivity index (χ1v) is 6.20. The molecule has 90 valence electrons. The zero-order valence-electron chi connectivity index (χ0n) is 10.7. The Hall–Kier alpha value is -1.02. The van der Waals surface area contributed by atoms with Crippen LogP contribution in [0.4, 0.5) is 5.69 Å². The van der Waals surface area contributed by atoms with Crippen molar-refractivity contribution in [2.45, 2.75) is 39.5 Å². The summed E-state index contributed by atoms with van der Waals surface area (Å²) in [7, 11) is 0. The van der Waals surface area contributed by atoms with Crippen LogP contribution in [0.25, 0.3) is 0 Å². The fraction of sp³-hybridized carbons (Fsp3) is 0.571. The molecule has 3 N–H and O–H groups in total. The summed E-state index contributed by atoms with van der Waals surface area (Å²) in [6.45, 7) is 8.44. The van der Waals surface area contributed by atoms with Crippen LogP contribution in [-0.2, 0) is 0 Å². The van der Waals surface area contributed by atoms with E-state index < -0.39 is 0 Å². The van der Waals surface area contributed by atoms with Gasteiger partial charge >= 0.3 is 0 Å². The molecule has 0 heterocycles. The third kappa shape index (κ3) is 3.53. The molecule has 0 aromatic heterocycles. The number of aryl methyl sites for hydroxylation is 1. The first kappa shape index (κ1) is 13.0. The van der Waals surface area contributed by atoms with Gasteiger partial charge < -0.3 is 11.1 Å². The smallest absolute Gasteiger partial charge is 0.0405 e. The molecule has 1 aromatic carbocycles. The standard InChI is InChI=1S/C14H24N2/c1-11(2)13-8-6-7-12(3)14(13)16-10-5-4-9-15/h6-8,11,16H,4-5,9-10,15H2,1-3H3. The van der Waals surface area contributed by atoms with Crippen molar-refractivity contribution in [1.82, 2.24) is 0 Å². The summed E-state index contributed by atoms with van der Waals surface area (Å²) in [5.74, 6) is 0.567. The van der Waals surface area contributed by atoms with Gasteiger partial charge in [-0.15, -0.1) is 0 Å². The van der Waals surface area contributed by atoms with E-state index in [4.69, 9.17) is 5.73 Å². The molecule has 0 bridgehead atoms. The Morgan fingerprint density at radius 3 is 2.62 bits per heavy atom. The number of nitrogens with one attached hydrogen (secondary N) is 1. The highest BCUT2D eigenvalue weighted by Crippen LogP contribution is 2.27. The SMILES string of the molecule is Cc1cccc(C(C)C)c1NCCCCN. The van der Waals surface area contributed by atoms with E-state index in [2.05, 4.69) is 44.3 Å². The fourth-order valence-electron chi connectivity index (χ4n) is 1.90. The lowest BCUT2D eigenvalue weighted by Crippen LogP contribution is -2.08. The third-order valence-electron chi connectivity index (χ3n) is 2.86. The van der Waals surface area contributed by atoms with Crippen LogP contribution < -0.4 is 11.1 Å². The van der Waals surface area contributed by atoms with Crippen LogP contribution in [0.3, 0.4) is 0 Å². The van der Waals surface area contributed by atoms with E-state index in [1.54, 1.807) is 0 Å². The van der Waals surface area contributed by atoms with Crippen molar-refractivity contribution >= 4 is 5.69 Å². The van der Waals surface area contributed by atoms with Gasteiger partial charge in [0.1, 0.15) is 0 Å². The van der Waals surface area contributed by atoms with Crippen LogP contribution in [-0.4, -0.2) is 13.1 Å². The molecule has 0 radical (unpaired) electrons. The van der Waals surface area contributed by atoms with Crippen molar-refractivity contribution in [3.8, 4) is 0 Å². The highest BCUT2D eigenvalue weighted by atomic mass is 14.9. The zero-order valence-corrected chi connectivity index (χ0v) is 10.7. The zero-order chi connectivity index (χ0) is 12.0. The maximum atomic E-state index is 5.49. The maximum absolute atomic E-state index is 5.49. The molecule has 0 atom stereocenters. The van der Waals surface area contributed by atoms with Gasteiger partial charge in [0.2, 0.25) is 0 Å². The van der Waals surface area contributed by atoms with E-state index in [0.717, 1.165) is 25.9 Å². The molecule has 0 fully saturated rings. The minimum Gasteiger partial charge on any atom is -0.385 e. The summed E-state index contributed by atoms with van der Waals surface area (Å²) in [5.41, 5.74) is 9.54. The Balaban J connectivity index is 2.69. The Kier molecular flexibility index (Phi) is 5.33. The second-order valence-electron chi connectivity index (χ2n) is 4.62. The van der Waals surface area contributed by atoms with E-state index in [1.165, 1.54) is 16.8 Å². The van der Waals surface area contributed by atoms with E-state index >= 15 is 0 Å². The van der Waals surface area contributed by atoms with Gasteiger partial charge in [-0.25, -0.2) is 0 Å². The fourth-order valence-corrected chi connectivity index (χ4v) is 1.90. The van der Waals surface area contributed by atoms with Gasteiger partial charge in [0.05, 0.1) is 0 Å². The average molecular weight is 220 g/mol. The molecule has 0 aliphatic rings. The van der Waals surface area contributed by atoms with Crippen molar-refractivity contribution in [1.29, 1.82) is 0 Å². The second-order valence-corrected chi connectivity index (χ2v) is 4.62. The predicted octanol–water partition coefficient (Wildman–Crippen LogP) is 3.27. The highest BCUT2D eigenvalue weighted by molar-refractivity contribution is 5.58. The van der Waals surface area contributed by atoms with Crippen molar-refractivity contribution in [3.63, 3.8) is 0 Å². The van der Waals surface area contributed by atoms with E-state index in [1.807, 2.05) is 0 Å². The van der Waals surface area contributed by atoms with Crippen molar-refractivity contribution in [2.75, 3.05) is 18.4 Å². The molecule has 1 aromatic rings. The molecule has 16 heavy (non-hydrogen) atoms. The number of rotatable bonds is 6. The Morgan fingerprint density at radius 2 is 2.00 bits per heavy atom. The number of benzene rings is 1. The van der Waals surface area contributed by atoms with E-state index in [0.29, 0.717) is 5.92 Å². The van der Waals surface area contributed by atoms with Crippen LogP contribution in [0, 0.1) is 6.92 Å². The normalized spacial score (nSPS) is 10.8. The van der Waals surface area contributed by atoms with Crippen molar-refractivity contribution in [2.24, 2.45) is 5.73 Å². The number of hydrogen-bond donors (Lipinski definition) is 2. The molecule has 0 saturated heterocycles. The van der Waals surface area contributed by atoms with E-state index in [-0.39, 0.29) is 0 Å². The van der Waals surface area contributed by atoms with Gasteiger partial charge in [0.15, 0.2) is 0 Å². The average Bonchev–Trinajstić information content (AvgIpc) is 2.25. The number of nitrogens with two attached hydrogens (primary N) is 1. The minimum absolute atomic E-state index is 0.567. The topological polar surface area (TPSA) is 38.0 Å². The third-order valence-corrected chi connectivity index (χ3v) is 2.86. The number of hydrogen-bond acceptors (Lipinski definition) is 2. The van der Waals surface area contributed by atoms with Gasteiger partial charge in [0.25, 0.3) is 0 Å². The molecule has 0 unspecified atom stereocenters. The molecule has 0 amide bonds. The van der Waals surface area contributed by atoms with Crippen LogP contribution in [0.15, 0.2) is 18.2 Å². The summed E-state index contributed by atoms with van der Waals surface area (Å²) >= 11 is 0. The first-order chi connectivity index (χ1) is 7.66. The first-order valence-electron chi connectivity index (χ1n) is 6.20. The van der Waals surface area contributed by atoms with Crippen LogP contribution in [0.2, 0.25) is 0 Å². The minimum atomic E-state index is 0.567. The summed E-state index contributed by atoms with van der Waals surface area (Å²) < 4.78 is 0. The Labute approximate surface area is 99.2 Å². The highest BCUT2D eigenvalue weighted by Gasteiger charge is 2.07. The second kappa shape index (κ2) is 6.54. The van der Waals surface area contributed by atoms with Gasteiger partial charge in [0, 0.05) is 12.2 Å². The maximum Gasteiger partial charge on any atom is 0.0405 e. The van der Waals surface area contributed by atoms with Crippen molar-refractivity contribution in [3.05, 3.63) is 29.3 Å². The van der Waals surface area contributed by atoms with Crippen LogP contribution in [0.5, 0.6) is 0 Å². The largest absolute Gasteiger partial charge is 0.385 e. The van der Waals surface area contributed by atoms with Gasteiger partial charge in [-0.1, -0.05) is 32.0 Å². The summed E-state index contributed by atoms with van der Waals surface area (Å²) in [5, 5.41) is 3.54. The lowest BCUT2D eigenvalue weighted by Gasteiger charge is -2.17. The van der Waals surface area contributed by atoms with Crippen LogP contribution in [0.1, 0.15) is 43.7 Å². The molecule has 2 nitrogen and oxygen atoms in total. The predicted molar refractivity (Wildman–Crippen MR) is 72.0 cm³/mol. The number of unbranched alkanes of at least 4 members (excludes halogenated alkanes) is 1. The van der Waals surface area contributed by atoms with Crippen molar-refractivity contribution < 1.29 is 0 Å². The Morgan fingerprint density at radius 1 is 1.25 bits per heavy atom. The molecule has 2 heteroatoms. The summed E-state index contributed by atoms with van der Waals surface area (Å²) in [6.07, 6.45) is 2.23. The summed E-state index contributed by atoms with van der Waals surface area (Å²) in [4.78, 5) is 0. The molecular formula is C14H24N2. The number of anilines is 1. The number of para-hydroxylation sites is 1. The monoisotopic (exact) mass is 220 g/mol. The van der Waals surface area contributed by atoms with Gasteiger partial charge in [-0.3, -0.25) is 0 Å². The van der Waals surface area contributed by atoms with Gasteiger partial charge in [-0.2, -0.15) is 0 Å². The quantitative estimate of drug-likeness (QED) is 0.722. The Bertz CT molecular complexity index is 319. The molecular weight excluding hydrogens is 196 g/mol. The molecule has 0 spiro atoms. The lowest BCUT2D eigenvalue weighted by atomic mass is 9.98. The molecule has 0 aliphatic heterocycles. The molecule has 0 aliphatic carbocycles. The molecule has 1 rings (SSSR count). The summed E-state index contributed by atoms with van der Waals surface area (Å²) in [6, 6.07) is 6.51. The molecule has 0 saturated carbocycles. The van der Waals surface area contributed by atoms with E-state index in [9.17, 15) is 0 Å². The van der Waals surface area contributed by atoms with Crippen LogP contribution >= 0.6 is 0 Å². The van der Waals surface area contributed by atoms with Gasteiger partial charge in [-0.05, 0) is 43.4 Å².